The lowest BCUT2D eigenvalue weighted by Gasteiger charge is -2.08. The van der Waals surface area contributed by atoms with E-state index in [0.29, 0.717) is 33.0 Å². The number of alkyl halides is 2. The summed E-state index contributed by atoms with van der Waals surface area (Å²) < 4.78 is 26.1. The van der Waals surface area contributed by atoms with Crippen molar-refractivity contribution in [3.05, 3.63) is 41.2 Å². The van der Waals surface area contributed by atoms with Gasteiger partial charge >= 0.3 is 6.55 Å². The van der Waals surface area contributed by atoms with E-state index in [1.54, 1.807) is 31.2 Å². The van der Waals surface area contributed by atoms with Gasteiger partial charge in [0.05, 0.1) is 23.5 Å². The molecular weight excluding hydrogens is 314 g/mol. The zero-order valence-electron chi connectivity index (χ0n) is 12.1. The Morgan fingerprint density at radius 2 is 2.00 bits per heavy atom. The Morgan fingerprint density at radius 1 is 1.36 bits per heavy atom. The van der Waals surface area contributed by atoms with Crippen molar-refractivity contribution in [1.82, 2.24) is 9.78 Å². The highest BCUT2D eigenvalue weighted by Crippen LogP contribution is 2.21. The van der Waals surface area contributed by atoms with Crippen LogP contribution in [0.3, 0.4) is 0 Å². The Bertz CT molecular complexity index is 673. The second-order valence-corrected chi connectivity index (χ2v) is 4.68. The largest absolute Gasteiger partial charge is 0.397 e. The number of benzene rings is 1. The molecule has 1 heterocycles. The number of rotatable bonds is 4. The van der Waals surface area contributed by atoms with Crippen LogP contribution in [0.4, 0.5) is 20.2 Å². The maximum absolute atomic E-state index is 12.7. The molecule has 0 atom stereocenters. The molecule has 0 aliphatic carbocycles. The lowest BCUT2D eigenvalue weighted by atomic mass is 10.1. The van der Waals surface area contributed by atoms with Crippen LogP contribution < -0.4 is 11.1 Å². The summed E-state index contributed by atoms with van der Waals surface area (Å²) in [6, 6.07) is 6.85. The lowest BCUT2D eigenvalue weighted by Crippen LogP contribution is -2.16. The molecule has 1 aromatic heterocycles. The summed E-state index contributed by atoms with van der Waals surface area (Å²) in [5.74, 6) is -0.326. The number of hydrogen-bond donors (Lipinski definition) is 2. The average Bonchev–Trinajstić information content (AvgIpc) is 2.69. The molecule has 0 unspecified atom stereocenters. The molecule has 22 heavy (non-hydrogen) atoms. The molecule has 0 saturated carbocycles. The third-order valence-corrected chi connectivity index (χ3v) is 3.23. The van der Waals surface area contributed by atoms with Crippen LogP contribution >= 0.6 is 12.4 Å². The monoisotopic (exact) mass is 330 g/mol. The summed E-state index contributed by atoms with van der Waals surface area (Å²) in [5.41, 5.74) is 7.89. The number of nitrogens with zero attached hydrogens (tertiary/aromatic N) is 2. The number of aryl methyl sites for hydroxylation is 1. The molecule has 120 valence electrons. The lowest BCUT2D eigenvalue weighted by molar-refractivity contribution is -0.115. The van der Waals surface area contributed by atoms with Crippen LogP contribution in [0.5, 0.6) is 0 Å². The van der Waals surface area contributed by atoms with Crippen LogP contribution in [0.25, 0.3) is 0 Å². The Hall–Kier alpha value is -2.15. The number of carbonyl (C=O) groups is 1. The summed E-state index contributed by atoms with van der Waals surface area (Å²) >= 11 is 0. The minimum Gasteiger partial charge on any atom is -0.397 e. The van der Waals surface area contributed by atoms with Gasteiger partial charge in [-0.05, 0) is 26.0 Å². The van der Waals surface area contributed by atoms with E-state index in [1.807, 2.05) is 0 Å². The number of anilines is 2. The highest BCUT2D eigenvalue weighted by atomic mass is 35.5. The highest BCUT2D eigenvalue weighted by molar-refractivity contribution is 5.95. The van der Waals surface area contributed by atoms with Crippen LogP contribution in [0.15, 0.2) is 24.3 Å². The predicted octanol–water partition coefficient (Wildman–Crippen LogP) is 3.08. The van der Waals surface area contributed by atoms with Crippen molar-refractivity contribution in [3.8, 4) is 0 Å². The number of nitrogen functional groups attached to an aromatic ring is 1. The van der Waals surface area contributed by atoms with E-state index in [2.05, 4.69) is 10.4 Å². The third kappa shape index (κ3) is 3.73. The molecule has 0 aliphatic heterocycles. The van der Waals surface area contributed by atoms with Gasteiger partial charge < -0.3 is 11.1 Å². The summed E-state index contributed by atoms with van der Waals surface area (Å²) in [4.78, 5) is 12.0. The topological polar surface area (TPSA) is 72.9 Å². The fourth-order valence-corrected chi connectivity index (χ4v) is 2.11. The number of para-hydroxylation sites is 2. The standard InChI is InChI=1S/C14H16F2N4O.ClH/c1-8-10(9(2)20(19-8)14(15)16)7-13(21)18-12-6-4-3-5-11(12)17;/h3-6,14H,7,17H2,1-2H3,(H,18,21);1H. The molecule has 5 nitrogen and oxygen atoms in total. The van der Waals surface area contributed by atoms with Gasteiger partial charge in [0.2, 0.25) is 5.91 Å². The van der Waals surface area contributed by atoms with E-state index in [1.165, 1.54) is 6.92 Å². The molecule has 1 amide bonds. The fourth-order valence-electron chi connectivity index (χ4n) is 2.11. The maximum Gasteiger partial charge on any atom is 0.333 e. The number of aromatic nitrogens is 2. The molecule has 3 N–H and O–H groups in total. The van der Waals surface area contributed by atoms with Gasteiger partial charge in [0.25, 0.3) is 0 Å². The van der Waals surface area contributed by atoms with Crippen LogP contribution in [0.1, 0.15) is 23.5 Å². The SMILES string of the molecule is Cc1nn(C(F)F)c(C)c1CC(=O)Nc1ccccc1N.Cl. The van der Waals surface area contributed by atoms with Gasteiger partial charge in [0, 0.05) is 11.3 Å². The van der Waals surface area contributed by atoms with E-state index in [0.717, 1.165) is 0 Å². The van der Waals surface area contributed by atoms with Gasteiger partial charge in [-0.2, -0.15) is 13.9 Å². The fraction of sp³-hybridized carbons (Fsp3) is 0.286. The number of nitrogens with one attached hydrogen (secondary N) is 1. The Labute approximate surface area is 132 Å². The zero-order chi connectivity index (χ0) is 15.6. The third-order valence-electron chi connectivity index (χ3n) is 3.23. The molecular formula is C14H17ClF2N4O. The summed E-state index contributed by atoms with van der Waals surface area (Å²) in [7, 11) is 0. The second kappa shape index (κ2) is 7.22. The van der Waals surface area contributed by atoms with E-state index >= 15 is 0 Å². The van der Waals surface area contributed by atoms with Crippen molar-refractivity contribution in [3.63, 3.8) is 0 Å². The van der Waals surface area contributed by atoms with E-state index in [4.69, 9.17) is 5.73 Å². The van der Waals surface area contributed by atoms with Gasteiger partial charge in [-0.15, -0.1) is 12.4 Å². The number of carbonyl (C=O) groups excluding carboxylic acids is 1. The first-order chi connectivity index (χ1) is 9.90. The van der Waals surface area contributed by atoms with Crippen molar-refractivity contribution in [2.24, 2.45) is 0 Å². The predicted molar refractivity (Wildman–Crippen MR) is 83.4 cm³/mol. The smallest absolute Gasteiger partial charge is 0.333 e. The highest BCUT2D eigenvalue weighted by Gasteiger charge is 2.19. The van der Waals surface area contributed by atoms with E-state index in [-0.39, 0.29) is 24.7 Å². The van der Waals surface area contributed by atoms with Crippen LogP contribution in [-0.4, -0.2) is 15.7 Å². The van der Waals surface area contributed by atoms with Gasteiger partial charge in [-0.25, -0.2) is 4.68 Å². The second-order valence-electron chi connectivity index (χ2n) is 4.68. The first kappa shape index (κ1) is 17.9. The van der Waals surface area contributed by atoms with Gasteiger partial charge in [-0.3, -0.25) is 4.79 Å². The average molecular weight is 331 g/mol. The zero-order valence-corrected chi connectivity index (χ0v) is 13.0. The number of hydrogen-bond acceptors (Lipinski definition) is 3. The van der Waals surface area contributed by atoms with Crippen LogP contribution in [-0.2, 0) is 11.2 Å². The van der Waals surface area contributed by atoms with Crippen molar-refractivity contribution < 1.29 is 13.6 Å². The minimum atomic E-state index is -2.72. The normalized spacial score (nSPS) is 10.4. The number of halogens is 3. The van der Waals surface area contributed by atoms with Crippen molar-refractivity contribution in [1.29, 1.82) is 0 Å². The molecule has 2 rings (SSSR count). The van der Waals surface area contributed by atoms with Gasteiger partial charge in [-0.1, -0.05) is 12.1 Å². The number of amides is 1. The molecule has 0 aliphatic rings. The molecule has 0 bridgehead atoms. The first-order valence-electron chi connectivity index (χ1n) is 6.37. The molecule has 1 aromatic carbocycles. The Kier molecular flexibility index (Phi) is 5.87. The minimum absolute atomic E-state index is 0. The molecule has 0 fully saturated rings. The van der Waals surface area contributed by atoms with Gasteiger partial charge in [0.15, 0.2) is 0 Å². The quantitative estimate of drug-likeness (QED) is 0.846. The van der Waals surface area contributed by atoms with E-state index < -0.39 is 6.55 Å². The Morgan fingerprint density at radius 3 is 2.55 bits per heavy atom. The number of nitrogens with two attached hydrogens (primary N) is 1. The van der Waals surface area contributed by atoms with Gasteiger partial charge in [0.1, 0.15) is 0 Å². The molecule has 2 aromatic rings. The Balaban J connectivity index is 0.00000242. The van der Waals surface area contributed by atoms with E-state index in [9.17, 15) is 13.6 Å². The molecule has 0 saturated heterocycles. The summed E-state index contributed by atoms with van der Waals surface area (Å²) in [5, 5.41) is 6.41. The summed E-state index contributed by atoms with van der Waals surface area (Å²) in [6.45, 7) is 0.405. The maximum atomic E-state index is 12.7. The molecule has 0 spiro atoms. The van der Waals surface area contributed by atoms with Crippen LogP contribution in [0.2, 0.25) is 0 Å². The molecule has 8 heteroatoms. The summed E-state index contributed by atoms with van der Waals surface area (Å²) in [6.07, 6.45) is -0.0290. The van der Waals surface area contributed by atoms with Crippen molar-refractivity contribution in [2.45, 2.75) is 26.8 Å². The molecule has 0 radical (unpaired) electrons. The van der Waals surface area contributed by atoms with Crippen molar-refractivity contribution in [2.75, 3.05) is 11.1 Å². The first-order valence-corrected chi connectivity index (χ1v) is 6.37. The van der Waals surface area contributed by atoms with Crippen molar-refractivity contribution >= 4 is 29.7 Å². The van der Waals surface area contributed by atoms with Crippen LogP contribution in [0, 0.1) is 13.8 Å².